The fourth-order valence-corrected chi connectivity index (χ4v) is 2.49. The van der Waals surface area contributed by atoms with Crippen molar-refractivity contribution >= 4 is 23.2 Å². The van der Waals surface area contributed by atoms with Crippen LogP contribution in [-0.2, 0) is 22.4 Å². The van der Waals surface area contributed by atoms with Crippen LogP contribution in [0.25, 0.3) is 0 Å². The van der Waals surface area contributed by atoms with Crippen LogP contribution in [-0.4, -0.2) is 11.8 Å². The summed E-state index contributed by atoms with van der Waals surface area (Å²) in [5, 5.41) is 5.66. The van der Waals surface area contributed by atoms with Gasteiger partial charge < -0.3 is 10.6 Å². The van der Waals surface area contributed by atoms with Gasteiger partial charge in [-0.15, -0.1) is 0 Å². The third kappa shape index (κ3) is 2.94. The van der Waals surface area contributed by atoms with E-state index in [4.69, 9.17) is 0 Å². The molecule has 4 nitrogen and oxygen atoms in total. The number of aryl methyl sites for hydroxylation is 1. The van der Waals surface area contributed by atoms with Gasteiger partial charge in [0.15, 0.2) is 0 Å². The van der Waals surface area contributed by atoms with Crippen molar-refractivity contribution in [3.8, 4) is 0 Å². The Kier molecular flexibility index (Phi) is 3.44. The van der Waals surface area contributed by atoms with E-state index in [9.17, 15) is 9.59 Å². The lowest BCUT2D eigenvalue weighted by molar-refractivity contribution is -0.116. The summed E-state index contributed by atoms with van der Waals surface area (Å²) in [6.45, 7) is 2.00. The first-order valence-corrected chi connectivity index (χ1v) is 6.89. The first kappa shape index (κ1) is 13.4. The van der Waals surface area contributed by atoms with Crippen molar-refractivity contribution < 1.29 is 9.59 Å². The van der Waals surface area contributed by atoms with Crippen LogP contribution in [0.2, 0.25) is 0 Å². The van der Waals surface area contributed by atoms with Crippen molar-refractivity contribution in [2.45, 2.75) is 19.8 Å². The minimum Gasteiger partial charge on any atom is -0.326 e. The molecule has 21 heavy (non-hydrogen) atoms. The number of carbonyl (C=O) groups is 2. The molecule has 1 heterocycles. The van der Waals surface area contributed by atoms with Crippen LogP contribution in [0.4, 0.5) is 11.4 Å². The van der Waals surface area contributed by atoms with E-state index in [1.54, 1.807) is 6.07 Å². The minimum absolute atomic E-state index is 0.00612. The Morgan fingerprint density at radius 2 is 2.05 bits per heavy atom. The van der Waals surface area contributed by atoms with E-state index in [0.717, 1.165) is 28.1 Å². The molecule has 2 N–H and O–H groups in total. The average molecular weight is 280 g/mol. The highest BCUT2D eigenvalue weighted by Gasteiger charge is 2.17. The Morgan fingerprint density at radius 3 is 2.86 bits per heavy atom. The highest BCUT2D eigenvalue weighted by Crippen LogP contribution is 2.26. The van der Waals surface area contributed by atoms with Crippen molar-refractivity contribution in [3.63, 3.8) is 0 Å². The normalized spacial score (nSPS) is 12.7. The van der Waals surface area contributed by atoms with E-state index >= 15 is 0 Å². The molecule has 4 heteroatoms. The molecule has 0 aromatic heterocycles. The van der Waals surface area contributed by atoms with Gasteiger partial charge in [-0.2, -0.15) is 0 Å². The molecular weight excluding hydrogens is 264 g/mol. The van der Waals surface area contributed by atoms with E-state index in [-0.39, 0.29) is 11.8 Å². The van der Waals surface area contributed by atoms with Gasteiger partial charge in [0, 0.05) is 11.4 Å². The molecule has 0 saturated carbocycles. The van der Waals surface area contributed by atoms with E-state index < -0.39 is 0 Å². The van der Waals surface area contributed by atoms with Crippen molar-refractivity contribution in [2.75, 3.05) is 10.6 Å². The molecule has 0 unspecified atom stereocenters. The summed E-state index contributed by atoms with van der Waals surface area (Å²) in [6.07, 6.45) is 0.720. The lowest BCUT2D eigenvalue weighted by Crippen LogP contribution is -2.15. The van der Waals surface area contributed by atoms with Gasteiger partial charge in [0.25, 0.3) is 0 Å². The number of benzene rings is 2. The first-order valence-electron chi connectivity index (χ1n) is 6.89. The van der Waals surface area contributed by atoms with Gasteiger partial charge in [-0.1, -0.05) is 24.3 Å². The molecule has 0 radical (unpaired) electrons. The highest BCUT2D eigenvalue weighted by atomic mass is 16.2. The Morgan fingerprint density at radius 1 is 1.24 bits per heavy atom. The molecule has 0 spiro atoms. The van der Waals surface area contributed by atoms with Gasteiger partial charge in [0.1, 0.15) is 0 Å². The summed E-state index contributed by atoms with van der Waals surface area (Å²) in [5.74, 6) is -0.0603. The number of anilines is 2. The molecular formula is C17H16N2O2. The van der Waals surface area contributed by atoms with Crippen molar-refractivity contribution in [1.82, 2.24) is 0 Å². The molecule has 0 fully saturated rings. The number of nitrogens with one attached hydrogen (secondary N) is 2. The quantitative estimate of drug-likeness (QED) is 0.908. The van der Waals surface area contributed by atoms with Crippen LogP contribution in [0, 0.1) is 6.92 Å². The predicted molar refractivity (Wildman–Crippen MR) is 82.3 cm³/mol. The fraction of sp³-hybridized carbons (Fsp3) is 0.176. The third-order valence-electron chi connectivity index (χ3n) is 3.63. The second-order valence-corrected chi connectivity index (χ2v) is 5.25. The lowest BCUT2D eigenvalue weighted by Gasteiger charge is -2.08. The van der Waals surface area contributed by atoms with Gasteiger partial charge in [-0.3, -0.25) is 9.59 Å². The molecule has 1 aliphatic heterocycles. The topological polar surface area (TPSA) is 58.2 Å². The zero-order valence-electron chi connectivity index (χ0n) is 11.8. The van der Waals surface area contributed by atoms with Crippen LogP contribution in [0.5, 0.6) is 0 Å². The molecule has 2 aromatic rings. The number of carbonyl (C=O) groups excluding carboxylic acids is 2. The fourth-order valence-electron chi connectivity index (χ4n) is 2.49. The smallest absolute Gasteiger partial charge is 0.228 e. The molecule has 2 aromatic carbocycles. The van der Waals surface area contributed by atoms with Crippen LogP contribution < -0.4 is 10.6 Å². The molecule has 3 rings (SSSR count). The number of amides is 2. The van der Waals surface area contributed by atoms with Crippen LogP contribution in [0.15, 0.2) is 42.5 Å². The Hall–Kier alpha value is -2.62. The van der Waals surface area contributed by atoms with E-state index in [0.29, 0.717) is 12.8 Å². The molecule has 1 aliphatic rings. The third-order valence-corrected chi connectivity index (χ3v) is 3.63. The summed E-state index contributed by atoms with van der Waals surface area (Å²) in [5.41, 5.74) is 4.61. The van der Waals surface area contributed by atoms with E-state index in [1.165, 1.54) is 0 Å². The van der Waals surface area contributed by atoms with Gasteiger partial charge in [0.2, 0.25) is 11.8 Å². The maximum atomic E-state index is 12.1. The van der Waals surface area contributed by atoms with Crippen molar-refractivity contribution in [1.29, 1.82) is 0 Å². The average Bonchev–Trinajstić information content (AvgIpc) is 2.80. The van der Waals surface area contributed by atoms with Gasteiger partial charge in [-0.25, -0.2) is 0 Å². The van der Waals surface area contributed by atoms with Gasteiger partial charge in [0.05, 0.1) is 12.8 Å². The zero-order valence-corrected chi connectivity index (χ0v) is 11.8. The molecule has 0 atom stereocenters. The molecule has 106 valence electrons. The van der Waals surface area contributed by atoms with E-state index in [2.05, 4.69) is 10.6 Å². The monoisotopic (exact) mass is 280 g/mol. The Balaban J connectivity index is 1.70. The number of hydrogen-bond acceptors (Lipinski definition) is 2. The minimum atomic E-state index is -0.0541. The second kappa shape index (κ2) is 5.40. The first-order chi connectivity index (χ1) is 10.1. The summed E-state index contributed by atoms with van der Waals surface area (Å²) in [4.78, 5) is 23.4. The summed E-state index contributed by atoms with van der Waals surface area (Å²) < 4.78 is 0. The van der Waals surface area contributed by atoms with Crippen LogP contribution >= 0.6 is 0 Å². The lowest BCUT2D eigenvalue weighted by atomic mass is 10.1. The van der Waals surface area contributed by atoms with Crippen LogP contribution in [0.1, 0.15) is 16.7 Å². The second-order valence-electron chi connectivity index (χ2n) is 5.25. The highest BCUT2D eigenvalue weighted by molar-refractivity contribution is 6.00. The van der Waals surface area contributed by atoms with Gasteiger partial charge >= 0.3 is 0 Å². The molecule has 0 aliphatic carbocycles. The summed E-state index contributed by atoms with van der Waals surface area (Å²) in [6, 6.07) is 13.3. The van der Waals surface area contributed by atoms with Crippen molar-refractivity contribution in [2.24, 2.45) is 0 Å². The maximum Gasteiger partial charge on any atom is 0.228 e. The Bertz CT molecular complexity index is 722. The molecule has 2 amide bonds. The molecule has 0 saturated heterocycles. The number of fused-ring (bicyclic) bond motifs is 1. The Labute approximate surface area is 123 Å². The largest absolute Gasteiger partial charge is 0.326 e. The standard InChI is InChI=1S/C17H16N2O2/c1-11-4-2-3-5-12(11)9-16(20)18-14-6-7-15-13(8-14)10-17(21)19-15/h2-8H,9-10H2,1H3,(H,18,20)(H,19,21). The number of rotatable bonds is 3. The van der Waals surface area contributed by atoms with E-state index in [1.807, 2.05) is 43.3 Å². The van der Waals surface area contributed by atoms with Crippen LogP contribution in [0.3, 0.4) is 0 Å². The number of hydrogen-bond donors (Lipinski definition) is 2. The maximum absolute atomic E-state index is 12.1. The van der Waals surface area contributed by atoms with Crippen molar-refractivity contribution in [3.05, 3.63) is 59.2 Å². The van der Waals surface area contributed by atoms with Gasteiger partial charge in [-0.05, 0) is 41.8 Å². The summed E-state index contributed by atoms with van der Waals surface area (Å²) in [7, 11) is 0. The predicted octanol–water partition coefficient (Wildman–Crippen LogP) is 2.67. The zero-order chi connectivity index (χ0) is 14.8. The molecule has 0 bridgehead atoms. The summed E-state index contributed by atoms with van der Waals surface area (Å²) >= 11 is 0. The SMILES string of the molecule is Cc1ccccc1CC(=O)Nc1ccc2c(c1)CC(=O)N2.